The SMILES string of the molecule is CCc1ccc(-c2ccc(SCc3nc(-c4cc(OC)c(OC)c(OC)c4)no3)nn2)cc1. The molecule has 0 atom stereocenters. The molecule has 0 bridgehead atoms. The lowest BCUT2D eigenvalue weighted by atomic mass is 10.1. The number of hydrogen-bond donors (Lipinski definition) is 0. The number of benzene rings is 2. The number of ether oxygens (including phenoxy) is 3. The highest BCUT2D eigenvalue weighted by Crippen LogP contribution is 2.40. The standard InChI is InChI=1S/C24H24N4O4S/c1-5-15-6-8-16(9-7-15)18-10-11-22(27-26-18)33-14-21-25-24(28-32-21)17-12-19(29-2)23(31-4)20(13-17)30-3/h6-13H,5,14H2,1-4H3. The molecule has 4 aromatic rings. The minimum absolute atomic E-state index is 0.432. The Morgan fingerprint density at radius 2 is 1.58 bits per heavy atom. The molecule has 170 valence electrons. The van der Waals surface area contributed by atoms with Gasteiger partial charge in [-0.1, -0.05) is 48.1 Å². The van der Waals surface area contributed by atoms with Crippen LogP contribution in [0.15, 0.2) is 58.1 Å². The van der Waals surface area contributed by atoms with Gasteiger partial charge < -0.3 is 18.7 Å². The normalized spacial score (nSPS) is 10.8. The Hall–Kier alpha value is -3.59. The van der Waals surface area contributed by atoms with Gasteiger partial charge in [0.2, 0.25) is 17.5 Å². The lowest BCUT2D eigenvalue weighted by Crippen LogP contribution is -1.96. The quantitative estimate of drug-likeness (QED) is 0.315. The third-order valence-corrected chi connectivity index (χ3v) is 5.94. The second kappa shape index (κ2) is 10.4. The van der Waals surface area contributed by atoms with Gasteiger partial charge in [0.25, 0.3) is 0 Å². The molecule has 0 radical (unpaired) electrons. The van der Waals surface area contributed by atoms with Crippen LogP contribution in [0.3, 0.4) is 0 Å². The highest BCUT2D eigenvalue weighted by molar-refractivity contribution is 7.98. The van der Waals surface area contributed by atoms with Crippen molar-refractivity contribution < 1.29 is 18.7 Å². The Morgan fingerprint density at radius 1 is 0.848 bits per heavy atom. The lowest BCUT2D eigenvalue weighted by Gasteiger charge is -2.12. The van der Waals surface area contributed by atoms with Crippen LogP contribution < -0.4 is 14.2 Å². The van der Waals surface area contributed by atoms with Crippen LogP contribution in [0.5, 0.6) is 17.2 Å². The van der Waals surface area contributed by atoms with E-state index in [9.17, 15) is 0 Å². The maximum absolute atomic E-state index is 5.42. The van der Waals surface area contributed by atoms with Crippen molar-refractivity contribution in [3.63, 3.8) is 0 Å². The molecular formula is C24H24N4O4S. The summed E-state index contributed by atoms with van der Waals surface area (Å²) in [4.78, 5) is 4.48. The van der Waals surface area contributed by atoms with E-state index in [0.717, 1.165) is 22.7 Å². The fraction of sp³-hybridized carbons (Fsp3) is 0.250. The predicted molar refractivity (Wildman–Crippen MR) is 126 cm³/mol. The molecule has 4 rings (SSSR count). The molecule has 0 aliphatic rings. The first-order valence-electron chi connectivity index (χ1n) is 10.3. The van der Waals surface area contributed by atoms with Crippen molar-refractivity contribution in [2.75, 3.05) is 21.3 Å². The van der Waals surface area contributed by atoms with Crippen molar-refractivity contribution in [1.29, 1.82) is 0 Å². The minimum atomic E-state index is 0.432. The smallest absolute Gasteiger partial charge is 0.237 e. The van der Waals surface area contributed by atoms with E-state index in [-0.39, 0.29) is 0 Å². The first kappa shape index (κ1) is 22.6. The summed E-state index contributed by atoms with van der Waals surface area (Å²) in [6.45, 7) is 2.14. The first-order valence-corrected chi connectivity index (χ1v) is 11.3. The summed E-state index contributed by atoms with van der Waals surface area (Å²) in [5, 5.41) is 13.5. The molecule has 0 unspecified atom stereocenters. The Labute approximate surface area is 196 Å². The van der Waals surface area contributed by atoms with Crippen LogP contribution in [0.4, 0.5) is 0 Å². The molecule has 8 nitrogen and oxygen atoms in total. The van der Waals surface area contributed by atoms with E-state index in [4.69, 9.17) is 18.7 Å². The van der Waals surface area contributed by atoms with Crippen LogP contribution in [0.2, 0.25) is 0 Å². The van der Waals surface area contributed by atoms with Gasteiger partial charge in [-0.25, -0.2) is 0 Å². The van der Waals surface area contributed by atoms with E-state index in [2.05, 4.69) is 51.5 Å². The molecule has 0 aliphatic carbocycles. The van der Waals surface area contributed by atoms with Crippen molar-refractivity contribution in [3.05, 3.63) is 60.0 Å². The van der Waals surface area contributed by atoms with Gasteiger partial charge in [0.1, 0.15) is 5.03 Å². The second-order valence-corrected chi connectivity index (χ2v) is 8.02. The molecule has 0 aliphatic heterocycles. The first-order chi connectivity index (χ1) is 16.1. The molecule has 0 amide bonds. The van der Waals surface area contributed by atoms with Crippen LogP contribution in [-0.4, -0.2) is 41.7 Å². The van der Waals surface area contributed by atoms with E-state index in [1.54, 1.807) is 33.5 Å². The highest BCUT2D eigenvalue weighted by Gasteiger charge is 2.17. The summed E-state index contributed by atoms with van der Waals surface area (Å²) in [5.41, 5.74) is 3.87. The molecule has 2 heterocycles. The lowest BCUT2D eigenvalue weighted by molar-refractivity contribution is 0.324. The van der Waals surface area contributed by atoms with Gasteiger partial charge in [-0.3, -0.25) is 0 Å². The zero-order valence-corrected chi connectivity index (χ0v) is 19.7. The average Bonchev–Trinajstić information content (AvgIpc) is 3.36. The molecule has 0 N–H and O–H groups in total. The summed E-state index contributed by atoms with van der Waals surface area (Å²) in [7, 11) is 4.68. The fourth-order valence-corrected chi connectivity index (χ4v) is 3.89. The van der Waals surface area contributed by atoms with E-state index < -0.39 is 0 Å². The molecule has 0 fully saturated rings. The molecule has 33 heavy (non-hydrogen) atoms. The molecule has 2 aromatic carbocycles. The highest BCUT2D eigenvalue weighted by atomic mass is 32.2. The topological polar surface area (TPSA) is 92.4 Å². The van der Waals surface area contributed by atoms with Crippen LogP contribution in [0, 0.1) is 0 Å². The van der Waals surface area contributed by atoms with E-state index >= 15 is 0 Å². The van der Waals surface area contributed by atoms with Gasteiger partial charge in [-0.2, -0.15) is 4.98 Å². The van der Waals surface area contributed by atoms with Gasteiger partial charge in [0, 0.05) is 11.1 Å². The van der Waals surface area contributed by atoms with Gasteiger partial charge in [0.05, 0.1) is 32.8 Å². The van der Waals surface area contributed by atoms with Gasteiger partial charge in [-0.15, -0.1) is 10.2 Å². The Bertz CT molecular complexity index is 1190. The molecule has 0 saturated heterocycles. The number of methoxy groups -OCH3 is 3. The molecule has 9 heteroatoms. The largest absolute Gasteiger partial charge is 0.493 e. The molecule has 0 saturated carbocycles. The summed E-state index contributed by atoms with van der Waals surface area (Å²) >= 11 is 1.47. The molecular weight excluding hydrogens is 440 g/mol. The van der Waals surface area contributed by atoms with Gasteiger partial charge in [-0.05, 0) is 36.2 Å². The Kier molecular flexibility index (Phi) is 7.09. The number of rotatable bonds is 9. The van der Waals surface area contributed by atoms with Crippen molar-refractivity contribution in [1.82, 2.24) is 20.3 Å². The van der Waals surface area contributed by atoms with Crippen molar-refractivity contribution in [3.8, 4) is 39.9 Å². The number of hydrogen-bond acceptors (Lipinski definition) is 9. The van der Waals surface area contributed by atoms with Crippen molar-refractivity contribution in [2.24, 2.45) is 0 Å². The zero-order valence-electron chi connectivity index (χ0n) is 18.9. The second-order valence-electron chi connectivity index (χ2n) is 7.02. The Balaban J connectivity index is 1.44. The molecule has 2 aromatic heterocycles. The number of nitrogens with zero attached hydrogens (tertiary/aromatic N) is 4. The van der Waals surface area contributed by atoms with Crippen LogP contribution in [0.25, 0.3) is 22.6 Å². The monoisotopic (exact) mass is 464 g/mol. The average molecular weight is 465 g/mol. The van der Waals surface area contributed by atoms with Crippen LogP contribution in [0.1, 0.15) is 18.4 Å². The van der Waals surface area contributed by atoms with Crippen LogP contribution in [-0.2, 0) is 12.2 Å². The summed E-state index contributed by atoms with van der Waals surface area (Å²) < 4.78 is 21.6. The summed E-state index contributed by atoms with van der Waals surface area (Å²) in [6, 6.07) is 15.8. The van der Waals surface area contributed by atoms with Crippen molar-refractivity contribution >= 4 is 11.8 Å². The summed E-state index contributed by atoms with van der Waals surface area (Å²) in [5.74, 6) is 2.92. The Morgan fingerprint density at radius 3 is 2.15 bits per heavy atom. The predicted octanol–water partition coefficient (Wildman–Crippen LogP) is 5.07. The minimum Gasteiger partial charge on any atom is -0.493 e. The number of aryl methyl sites for hydroxylation is 1. The van der Waals surface area contributed by atoms with E-state index in [0.29, 0.717) is 40.3 Å². The third-order valence-electron chi connectivity index (χ3n) is 5.03. The number of thioether (sulfide) groups is 1. The summed E-state index contributed by atoms with van der Waals surface area (Å²) in [6.07, 6.45) is 1.01. The molecule has 0 spiro atoms. The van der Waals surface area contributed by atoms with E-state index in [1.807, 2.05) is 12.1 Å². The van der Waals surface area contributed by atoms with E-state index in [1.165, 1.54) is 17.3 Å². The zero-order chi connectivity index (χ0) is 23.2. The van der Waals surface area contributed by atoms with Crippen LogP contribution >= 0.6 is 11.8 Å². The van der Waals surface area contributed by atoms with Gasteiger partial charge in [0.15, 0.2) is 11.5 Å². The maximum Gasteiger partial charge on any atom is 0.237 e. The van der Waals surface area contributed by atoms with Gasteiger partial charge >= 0.3 is 0 Å². The number of aromatic nitrogens is 4. The third kappa shape index (κ3) is 5.09. The fourth-order valence-electron chi connectivity index (χ4n) is 3.24. The maximum atomic E-state index is 5.42. The van der Waals surface area contributed by atoms with Crippen molar-refractivity contribution in [2.45, 2.75) is 24.1 Å².